The van der Waals surface area contributed by atoms with Gasteiger partial charge < -0.3 is 4.90 Å². The van der Waals surface area contributed by atoms with Crippen molar-refractivity contribution in [3.63, 3.8) is 0 Å². The minimum Gasteiger partial charge on any atom is -0.340 e. The molecular formula is C23H30N6O3. The Labute approximate surface area is 186 Å². The van der Waals surface area contributed by atoms with Crippen LogP contribution in [-0.2, 0) is 17.8 Å². The number of Topliss-reactive ketones (excluding diaryl/α,β-unsaturated/α-hetero) is 1. The Balaban J connectivity index is 1.54. The van der Waals surface area contributed by atoms with Gasteiger partial charge in [-0.05, 0) is 47.0 Å². The van der Waals surface area contributed by atoms with Gasteiger partial charge in [0.25, 0.3) is 5.56 Å². The number of carbonyl (C=O) groups excluding carboxylic acids is 2. The summed E-state index contributed by atoms with van der Waals surface area (Å²) in [6.45, 7) is 10.3. The number of ketones is 1. The van der Waals surface area contributed by atoms with E-state index in [0.29, 0.717) is 42.0 Å². The Morgan fingerprint density at radius 1 is 1.22 bits per heavy atom. The topological polar surface area (TPSA) is 105 Å². The second-order valence-corrected chi connectivity index (χ2v) is 8.68. The van der Waals surface area contributed by atoms with Gasteiger partial charge in [0.05, 0.1) is 11.3 Å². The smallest absolute Gasteiger partial charge is 0.276 e. The van der Waals surface area contributed by atoms with Gasteiger partial charge in [-0.2, -0.15) is 5.10 Å². The summed E-state index contributed by atoms with van der Waals surface area (Å²) >= 11 is 0. The van der Waals surface area contributed by atoms with Gasteiger partial charge in [0, 0.05) is 47.7 Å². The fourth-order valence-corrected chi connectivity index (χ4v) is 4.85. The number of H-pyrrole nitrogens is 1. The zero-order chi connectivity index (χ0) is 23.2. The van der Waals surface area contributed by atoms with Crippen LogP contribution in [0.3, 0.4) is 0 Å². The van der Waals surface area contributed by atoms with Gasteiger partial charge in [-0.25, -0.2) is 9.50 Å². The molecule has 0 spiro atoms. The van der Waals surface area contributed by atoms with Crippen molar-refractivity contribution in [3.8, 4) is 0 Å². The number of aromatic amines is 1. The van der Waals surface area contributed by atoms with Crippen molar-refractivity contribution in [2.75, 3.05) is 13.1 Å². The summed E-state index contributed by atoms with van der Waals surface area (Å²) in [5.74, 6) is 0.0409. The Hall–Kier alpha value is -3.23. The number of piperidine rings is 1. The largest absolute Gasteiger partial charge is 0.340 e. The van der Waals surface area contributed by atoms with Crippen molar-refractivity contribution in [2.45, 2.75) is 66.3 Å². The first kappa shape index (κ1) is 22.0. The molecule has 3 aromatic rings. The molecule has 1 N–H and O–H groups in total. The molecule has 1 atom stereocenters. The maximum absolute atomic E-state index is 13.0. The molecule has 0 bridgehead atoms. The number of hydrogen-bond acceptors (Lipinski definition) is 5. The van der Waals surface area contributed by atoms with E-state index in [0.717, 1.165) is 29.9 Å². The van der Waals surface area contributed by atoms with Crippen molar-refractivity contribution < 1.29 is 9.59 Å². The standard InChI is InChI=1S/C23H30N6O3/c1-6-18-13(2)24-20-10-19(26-29(20)23(18)32)17-8-7-9-27(11-17)21(31)12-28-15(4)22(16(5)30)14(3)25-28/h10,17,26H,6-9,11-12H2,1-5H3/t17-/m1/s1. The lowest BCUT2D eigenvalue weighted by Gasteiger charge is -2.32. The fourth-order valence-electron chi connectivity index (χ4n) is 4.85. The Morgan fingerprint density at radius 3 is 2.62 bits per heavy atom. The first-order chi connectivity index (χ1) is 15.2. The molecule has 0 aliphatic carbocycles. The Morgan fingerprint density at radius 2 is 1.97 bits per heavy atom. The molecule has 1 amide bonds. The summed E-state index contributed by atoms with van der Waals surface area (Å²) in [6, 6.07) is 1.92. The SMILES string of the molecule is CCc1c(C)nc2cc([C@@H]3CCCN(C(=O)Cn4nc(C)c(C(C)=O)c4C)C3)[nH]n2c1=O. The first-order valence-electron chi connectivity index (χ1n) is 11.1. The molecule has 1 fully saturated rings. The molecule has 32 heavy (non-hydrogen) atoms. The highest BCUT2D eigenvalue weighted by Gasteiger charge is 2.27. The summed E-state index contributed by atoms with van der Waals surface area (Å²) in [6.07, 6.45) is 2.45. The second kappa shape index (κ2) is 8.37. The molecule has 0 radical (unpaired) electrons. The fraction of sp³-hybridized carbons (Fsp3) is 0.522. The van der Waals surface area contributed by atoms with Gasteiger partial charge in [-0.3, -0.25) is 24.2 Å². The summed E-state index contributed by atoms with van der Waals surface area (Å²) in [5, 5.41) is 7.63. The molecule has 4 rings (SSSR count). The third-order valence-electron chi connectivity index (χ3n) is 6.52. The van der Waals surface area contributed by atoms with Gasteiger partial charge >= 0.3 is 0 Å². The van der Waals surface area contributed by atoms with Crippen molar-refractivity contribution in [1.29, 1.82) is 0 Å². The maximum Gasteiger partial charge on any atom is 0.276 e. The number of aryl methyl sites for hydroxylation is 2. The third kappa shape index (κ3) is 3.76. The summed E-state index contributed by atoms with van der Waals surface area (Å²) in [7, 11) is 0. The molecule has 4 heterocycles. The highest BCUT2D eigenvalue weighted by atomic mass is 16.2. The number of fused-ring (bicyclic) bond motifs is 1. The summed E-state index contributed by atoms with van der Waals surface area (Å²) < 4.78 is 3.14. The van der Waals surface area contributed by atoms with E-state index in [1.54, 1.807) is 11.6 Å². The molecule has 9 heteroatoms. The van der Waals surface area contributed by atoms with Crippen molar-refractivity contribution in [2.24, 2.45) is 0 Å². The monoisotopic (exact) mass is 438 g/mol. The van der Waals surface area contributed by atoms with Gasteiger partial charge in [0.2, 0.25) is 5.91 Å². The minimum absolute atomic E-state index is 0.0223. The highest BCUT2D eigenvalue weighted by Crippen LogP contribution is 2.27. The van der Waals surface area contributed by atoms with Crippen LogP contribution in [-0.4, -0.2) is 54.1 Å². The molecule has 9 nitrogen and oxygen atoms in total. The zero-order valence-corrected chi connectivity index (χ0v) is 19.4. The van der Waals surface area contributed by atoms with E-state index in [4.69, 9.17) is 0 Å². The minimum atomic E-state index is -0.0594. The number of amides is 1. The predicted molar refractivity (Wildman–Crippen MR) is 120 cm³/mol. The average molecular weight is 439 g/mol. The van der Waals surface area contributed by atoms with Crippen LogP contribution in [0.15, 0.2) is 10.9 Å². The van der Waals surface area contributed by atoms with Crippen LogP contribution in [0.1, 0.15) is 71.3 Å². The van der Waals surface area contributed by atoms with Gasteiger partial charge in [0.1, 0.15) is 6.54 Å². The van der Waals surface area contributed by atoms with E-state index in [1.165, 1.54) is 11.4 Å². The average Bonchev–Trinajstić information content (AvgIpc) is 3.29. The van der Waals surface area contributed by atoms with E-state index in [9.17, 15) is 14.4 Å². The van der Waals surface area contributed by atoms with Gasteiger partial charge in [-0.15, -0.1) is 0 Å². The number of hydrogen-bond donors (Lipinski definition) is 1. The number of likely N-dealkylation sites (tertiary alicyclic amines) is 1. The Kier molecular flexibility index (Phi) is 5.75. The molecule has 3 aromatic heterocycles. The van der Waals surface area contributed by atoms with E-state index in [2.05, 4.69) is 15.2 Å². The van der Waals surface area contributed by atoms with Crippen molar-refractivity contribution >= 4 is 17.3 Å². The van der Waals surface area contributed by atoms with E-state index in [-0.39, 0.29) is 29.7 Å². The van der Waals surface area contributed by atoms with Crippen LogP contribution < -0.4 is 5.56 Å². The lowest BCUT2D eigenvalue weighted by atomic mass is 9.95. The number of aromatic nitrogens is 5. The summed E-state index contributed by atoms with van der Waals surface area (Å²) in [5.41, 5.74) is 4.91. The van der Waals surface area contributed by atoms with Crippen LogP contribution in [0.25, 0.3) is 5.65 Å². The highest BCUT2D eigenvalue weighted by molar-refractivity contribution is 5.96. The normalized spacial score (nSPS) is 16.7. The molecule has 1 aliphatic heterocycles. The second-order valence-electron chi connectivity index (χ2n) is 8.68. The van der Waals surface area contributed by atoms with E-state index in [1.807, 2.05) is 31.7 Å². The van der Waals surface area contributed by atoms with Crippen LogP contribution in [0.4, 0.5) is 0 Å². The predicted octanol–water partition coefficient (Wildman–Crippen LogP) is 2.32. The van der Waals surface area contributed by atoms with Crippen LogP contribution in [0, 0.1) is 20.8 Å². The molecule has 170 valence electrons. The third-order valence-corrected chi connectivity index (χ3v) is 6.52. The van der Waals surface area contributed by atoms with Crippen LogP contribution in [0.2, 0.25) is 0 Å². The molecular weight excluding hydrogens is 408 g/mol. The quantitative estimate of drug-likeness (QED) is 0.616. The first-order valence-corrected chi connectivity index (χ1v) is 11.1. The van der Waals surface area contributed by atoms with E-state index >= 15 is 0 Å². The molecule has 0 unspecified atom stereocenters. The van der Waals surface area contributed by atoms with Crippen molar-refractivity contribution in [1.82, 2.24) is 29.3 Å². The zero-order valence-electron chi connectivity index (χ0n) is 19.4. The van der Waals surface area contributed by atoms with Gasteiger partial charge in [0.15, 0.2) is 11.4 Å². The number of nitrogens with one attached hydrogen (secondary N) is 1. The van der Waals surface area contributed by atoms with Crippen molar-refractivity contribution in [3.05, 3.63) is 50.3 Å². The molecule has 0 aromatic carbocycles. The number of rotatable bonds is 5. The van der Waals surface area contributed by atoms with E-state index < -0.39 is 0 Å². The summed E-state index contributed by atoms with van der Waals surface area (Å²) in [4.78, 5) is 44.1. The van der Waals surface area contributed by atoms with Crippen LogP contribution >= 0.6 is 0 Å². The molecule has 1 saturated heterocycles. The van der Waals surface area contributed by atoms with Crippen LogP contribution in [0.5, 0.6) is 0 Å². The molecule has 1 aliphatic rings. The van der Waals surface area contributed by atoms with Gasteiger partial charge in [-0.1, -0.05) is 6.92 Å². The lowest BCUT2D eigenvalue weighted by molar-refractivity contribution is -0.133. The number of carbonyl (C=O) groups is 2. The molecule has 0 saturated carbocycles. The number of nitrogens with zero attached hydrogens (tertiary/aromatic N) is 5. The Bertz CT molecular complexity index is 1260. The lowest BCUT2D eigenvalue weighted by Crippen LogP contribution is -2.41. The maximum atomic E-state index is 13.0.